The van der Waals surface area contributed by atoms with Crippen molar-refractivity contribution in [3.8, 4) is 0 Å². The SMILES string of the molecule is CCN(C(C)=O)c1n[nH]c(=S)s1. The monoisotopic (exact) mass is 203 g/mol. The Morgan fingerprint density at radius 3 is 2.83 bits per heavy atom. The van der Waals surface area contributed by atoms with Crippen LogP contribution in [0, 0.1) is 3.95 Å². The van der Waals surface area contributed by atoms with E-state index in [1.807, 2.05) is 6.92 Å². The van der Waals surface area contributed by atoms with Crippen LogP contribution in [0.1, 0.15) is 13.8 Å². The van der Waals surface area contributed by atoms with E-state index in [1.165, 1.54) is 18.3 Å². The number of aromatic amines is 1. The van der Waals surface area contributed by atoms with Gasteiger partial charge in [0.2, 0.25) is 11.0 Å². The Kier molecular flexibility index (Phi) is 2.93. The van der Waals surface area contributed by atoms with Gasteiger partial charge in [0.1, 0.15) is 0 Å². The van der Waals surface area contributed by atoms with Crippen molar-refractivity contribution in [3.05, 3.63) is 3.95 Å². The number of hydrogen-bond acceptors (Lipinski definition) is 4. The van der Waals surface area contributed by atoms with E-state index in [1.54, 1.807) is 4.90 Å². The first kappa shape index (κ1) is 9.34. The van der Waals surface area contributed by atoms with Crippen molar-refractivity contribution in [1.82, 2.24) is 10.2 Å². The molecule has 1 aromatic rings. The Balaban J connectivity index is 2.94. The van der Waals surface area contributed by atoms with E-state index in [0.717, 1.165) is 0 Å². The van der Waals surface area contributed by atoms with Crippen LogP contribution in [0.25, 0.3) is 0 Å². The maximum Gasteiger partial charge on any atom is 0.225 e. The molecule has 0 aliphatic heterocycles. The summed E-state index contributed by atoms with van der Waals surface area (Å²) in [5, 5.41) is 7.16. The standard InChI is InChI=1S/C6H9N3OS2/c1-3-9(4(2)10)5-7-8-6(11)12-5/h3H2,1-2H3,(H,8,11). The lowest BCUT2D eigenvalue weighted by Crippen LogP contribution is -2.27. The van der Waals surface area contributed by atoms with E-state index in [2.05, 4.69) is 10.2 Å². The minimum atomic E-state index is -0.0183. The normalized spacial score (nSPS) is 9.83. The second-order valence-corrected chi connectivity index (χ2v) is 3.80. The summed E-state index contributed by atoms with van der Waals surface area (Å²) in [5.41, 5.74) is 0. The Hall–Kier alpha value is -0.750. The molecule has 0 spiro atoms. The van der Waals surface area contributed by atoms with Crippen molar-refractivity contribution in [2.45, 2.75) is 13.8 Å². The third-order valence-electron chi connectivity index (χ3n) is 1.35. The fraction of sp³-hybridized carbons (Fsp3) is 0.500. The van der Waals surface area contributed by atoms with Crippen LogP contribution in [0.3, 0.4) is 0 Å². The summed E-state index contributed by atoms with van der Waals surface area (Å²) in [6.07, 6.45) is 0. The smallest absolute Gasteiger partial charge is 0.225 e. The second kappa shape index (κ2) is 3.77. The summed E-state index contributed by atoms with van der Waals surface area (Å²) >= 11 is 6.15. The molecule has 1 heterocycles. The highest BCUT2D eigenvalue weighted by molar-refractivity contribution is 7.73. The fourth-order valence-corrected chi connectivity index (χ4v) is 1.82. The summed E-state index contributed by atoms with van der Waals surface area (Å²) < 4.78 is 0.588. The molecule has 0 atom stereocenters. The minimum Gasteiger partial charge on any atom is -0.287 e. The van der Waals surface area contributed by atoms with Crippen LogP contribution in [-0.2, 0) is 4.79 Å². The first-order valence-electron chi connectivity index (χ1n) is 3.48. The van der Waals surface area contributed by atoms with Gasteiger partial charge in [-0.05, 0) is 19.1 Å². The highest BCUT2D eigenvalue weighted by Crippen LogP contribution is 2.16. The van der Waals surface area contributed by atoms with Crippen LogP contribution >= 0.6 is 23.6 Å². The molecule has 0 aromatic carbocycles. The lowest BCUT2D eigenvalue weighted by atomic mass is 10.5. The number of H-pyrrole nitrogens is 1. The van der Waals surface area contributed by atoms with E-state index in [9.17, 15) is 4.79 Å². The molecule has 1 amide bonds. The maximum atomic E-state index is 11.0. The Labute approximate surface area is 79.2 Å². The second-order valence-electron chi connectivity index (χ2n) is 2.16. The van der Waals surface area contributed by atoms with Crippen molar-refractivity contribution in [3.63, 3.8) is 0 Å². The van der Waals surface area contributed by atoms with Gasteiger partial charge in [-0.3, -0.25) is 14.8 Å². The van der Waals surface area contributed by atoms with Crippen LogP contribution in [-0.4, -0.2) is 22.6 Å². The topological polar surface area (TPSA) is 49.0 Å². The number of nitrogens with one attached hydrogen (secondary N) is 1. The molecule has 6 heteroatoms. The van der Waals surface area contributed by atoms with Gasteiger partial charge in [-0.2, -0.15) is 0 Å². The summed E-state index contributed by atoms with van der Waals surface area (Å²) in [6.45, 7) is 4.02. The number of aromatic nitrogens is 2. The predicted molar refractivity (Wildman–Crippen MR) is 51.0 cm³/mol. The number of nitrogens with zero attached hydrogens (tertiary/aromatic N) is 2. The quantitative estimate of drug-likeness (QED) is 0.742. The average Bonchev–Trinajstić information content (AvgIpc) is 2.37. The molecule has 0 radical (unpaired) electrons. The molecule has 0 aliphatic carbocycles. The van der Waals surface area contributed by atoms with Gasteiger partial charge in [0.15, 0.2) is 3.95 Å². The van der Waals surface area contributed by atoms with Crippen LogP contribution < -0.4 is 4.90 Å². The molecule has 12 heavy (non-hydrogen) atoms. The molecule has 1 N–H and O–H groups in total. The molecule has 1 rings (SSSR count). The third kappa shape index (κ3) is 1.89. The molecule has 0 unspecified atom stereocenters. The first-order chi connectivity index (χ1) is 5.65. The first-order valence-corrected chi connectivity index (χ1v) is 4.71. The van der Waals surface area contributed by atoms with Gasteiger partial charge in [-0.25, -0.2) is 0 Å². The Bertz CT molecular complexity index is 330. The number of carbonyl (C=O) groups is 1. The molecule has 0 bridgehead atoms. The zero-order valence-corrected chi connectivity index (χ0v) is 8.46. The summed E-state index contributed by atoms with van der Waals surface area (Å²) in [5.74, 6) is -0.0183. The Morgan fingerprint density at radius 2 is 2.50 bits per heavy atom. The molecular weight excluding hydrogens is 194 g/mol. The predicted octanol–water partition coefficient (Wildman–Crippen LogP) is 1.57. The zero-order valence-electron chi connectivity index (χ0n) is 6.83. The summed E-state index contributed by atoms with van der Waals surface area (Å²) in [7, 11) is 0. The number of hydrogen-bond donors (Lipinski definition) is 1. The van der Waals surface area contributed by atoms with Crippen molar-refractivity contribution < 1.29 is 4.79 Å². The number of anilines is 1. The third-order valence-corrected chi connectivity index (χ3v) is 2.47. The number of carbonyl (C=O) groups excluding carboxylic acids is 1. The molecule has 1 aromatic heterocycles. The molecular formula is C6H9N3OS2. The molecule has 4 nitrogen and oxygen atoms in total. The minimum absolute atomic E-state index is 0.0183. The zero-order chi connectivity index (χ0) is 9.14. The van der Waals surface area contributed by atoms with Gasteiger partial charge < -0.3 is 0 Å². The van der Waals surface area contributed by atoms with E-state index in [-0.39, 0.29) is 5.91 Å². The summed E-state index contributed by atoms with van der Waals surface area (Å²) in [4.78, 5) is 12.6. The number of rotatable bonds is 2. The Morgan fingerprint density at radius 1 is 1.83 bits per heavy atom. The van der Waals surface area contributed by atoms with Crippen LogP contribution in [0.15, 0.2) is 0 Å². The van der Waals surface area contributed by atoms with Gasteiger partial charge in [-0.15, -0.1) is 5.10 Å². The van der Waals surface area contributed by atoms with Crippen molar-refractivity contribution >= 4 is 34.6 Å². The van der Waals surface area contributed by atoms with Crippen LogP contribution in [0.4, 0.5) is 5.13 Å². The lowest BCUT2D eigenvalue weighted by Gasteiger charge is -2.13. The van der Waals surface area contributed by atoms with Gasteiger partial charge in [0.25, 0.3) is 0 Å². The van der Waals surface area contributed by atoms with E-state index in [4.69, 9.17) is 12.2 Å². The fourth-order valence-electron chi connectivity index (χ4n) is 0.830. The van der Waals surface area contributed by atoms with E-state index >= 15 is 0 Å². The highest BCUT2D eigenvalue weighted by Gasteiger charge is 2.11. The van der Waals surface area contributed by atoms with E-state index in [0.29, 0.717) is 15.6 Å². The molecule has 66 valence electrons. The van der Waals surface area contributed by atoms with Gasteiger partial charge in [-0.1, -0.05) is 11.3 Å². The highest BCUT2D eigenvalue weighted by atomic mass is 32.1. The maximum absolute atomic E-state index is 11.0. The van der Waals surface area contributed by atoms with Crippen LogP contribution in [0.5, 0.6) is 0 Å². The van der Waals surface area contributed by atoms with Crippen molar-refractivity contribution in [1.29, 1.82) is 0 Å². The largest absolute Gasteiger partial charge is 0.287 e. The van der Waals surface area contributed by atoms with Crippen LogP contribution in [0.2, 0.25) is 0 Å². The molecule has 0 fully saturated rings. The lowest BCUT2D eigenvalue weighted by molar-refractivity contribution is -0.116. The van der Waals surface area contributed by atoms with E-state index < -0.39 is 0 Å². The molecule has 0 saturated heterocycles. The number of amides is 1. The molecule has 0 saturated carbocycles. The average molecular weight is 203 g/mol. The summed E-state index contributed by atoms with van der Waals surface area (Å²) in [6, 6.07) is 0. The molecule has 0 aliphatic rings. The van der Waals surface area contributed by atoms with Gasteiger partial charge in [0, 0.05) is 13.5 Å². The van der Waals surface area contributed by atoms with Gasteiger partial charge >= 0.3 is 0 Å². The van der Waals surface area contributed by atoms with Gasteiger partial charge in [0.05, 0.1) is 0 Å². The van der Waals surface area contributed by atoms with Crippen molar-refractivity contribution in [2.24, 2.45) is 0 Å². The van der Waals surface area contributed by atoms with Crippen molar-refractivity contribution in [2.75, 3.05) is 11.4 Å².